The van der Waals surface area contributed by atoms with E-state index in [4.69, 9.17) is 46.5 Å². The standard InChI is InChI=1S/C29H42N2O21P2S/c1-13(32)44-11-18(46-14(2)33)21-20(37)22(47-15(3)34)23(48-16(4)35)24(49-21)51-53(40,41)52-54(42,55)45-12-28(5)25(38)29(43-6,17-7-8-17)26(50-28)31-10-9-19(36)30-27(31)39/h9-10,17-18,20-26,37-38H,7-8,11-12H2,1-6H3,(H,40,41)(H,42,55)(H,30,36,39)/t18-,20?,21?,22?,23?,24?,25+,26+,28+,29+,54?/m0/s1. The number of hydrogen-bond acceptors (Lipinski definition) is 20. The molecule has 3 fully saturated rings. The number of rotatable bonds is 16. The Hall–Kier alpha value is -2.99. The third-order valence-corrected chi connectivity index (χ3v) is 12.3. The number of nitrogens with zero attached hydrogens (tertiary/aromatic N) is 1. The summed E-state index contributed by atoms with van der Waals surface area (Å²) < 4.78 is 80.6. The molecule has 23 nitrogen and oxygen atoms in total. The van der Waals surface area contributed by atoms with Crippen LogP contribution < -0.4 is 11.2 Å². The SMILES string of the molecule is CO[C@@]1(C2CC2)[C@H](n2ccc(=O)[nH]c2=O)O[C@](C)(COP(=O)(S)OP(=O)(O)OC2OC([C@H](COC(C)=O)OC(C)=O)C(O)C(OC(C)=O)C2OC(C)=O)[C@H]1O. The highest BCUT2D eigenvalue weighted by Gasteiger charge is 2.69. The van der Waals surface area contributed by atoms with Gasteiger partial charge < -0.3 is 48.3 Å². The number of carbonyl (C=O) groups is 4. The number of aliphatic hydroxyl groups excluding tert-OH is 2. The van der Waals surface area contributed by atoms with E-state index in [-0.39, 0.29) is 5.92 Å². The maximum absolute atomic E-state index is 13.5. The van der Waals surface area contributed by atoms with Gasteiger partial charge in [0.25, 0.3) is 5.56 Å². The van der Waals surface area contributed by atoms with Gasteiger partial charge in [-0.3, -0.25) is 42.6 Å². The topological polar surface area (TPSA) is 310 Å². The van der Waals surface area contributed by atoms with Gasteiger partial charge in [0.2, 0.25) is 6.29 Å². The van der Waals surface area contributed by atoms with Crippen molar-refractivity contribution in [2.45, 2.75) is 108 Å². The van der Waals surface area contributed by atoms with E-state index < -0.39 is 123 Å². The van der Waals surface area contributed by atoms with Gasteiger partial charge in [0, 0.05) is 47.1 Å². The Balaban J connectivity index is 1.59. The first kappa shape index (κ1) is 44.7. The summed E-state index contributed by atoms with van der Waals surface area (Å²) >= 11 is 3.76. The zero-order valence-corrected chi connectivity index (χ0v) is 32.8. The number of H-pyrrole nitrogens is 1. The Labute approximate surface area is 317 Å². The van der Waals surface area contributed by atoms with Crippen molar-refractivity contribution < 1.29 is 89.9 Å². The molecule has 26 heteroatoms. The molecule has 0 amide bonds. The van der Waals surface area contributed by atoms with Gasteiger partial charge >= 0.3 is 44.2 Å². The summed E-state index contributed by atoms with van der Waals surface area (Å²) in [4.78, 5) is 84.9. The number of aromatic nitrogens is 2. The molecule has 0 aromatic carbocycles. The minimum absolute atomic E-state index is 0.350. The maximum atomic E-state index is 13.5. The predicted molar refractivity (Wildman–Crippen MR) is 181 cm³/mol. The molecular formula is C29H42N2O21P2S. The molecule has 55 heavy (non-hydrogen) atoms. The quantitative estimate of drug-likeness (QED) is 0.0612. The van der Waals surface area contributed by atoms with Crippen molar-refractivity contribution in [1.29, 1.82) is 0 Å². The molecule has 1 aromatic heterocycles. The molecule has 1 aliphatic carbocycles. The van der Waals surface area contributed by atoms with E-state index in [0.29, 0.717) is 12.8 Å². The summed E-state index contributed by atoms with van der Waals surface area (Å²) in [6.07, 6.45) is -12.7. The molecule has 4 N–H and O–H groups in total. The zero-order chi connectivity index (χ0) is 41.3. The number of hydrogen-bond donors (Lipinski definition) is 5. The molecule has 3 heterocycles. The Morgan fingerprint density at radius 2 is 1.65 bits per heavy atom. The van der Waals surface area contributed by atoms with Gasteiger partial charge in [-0.2, -0.15) is 4.31 Å². The first-order valence-electron chi connectivity index (χ1n) is 16.4. The smallest absolute Gasteiger partial charge is 0.462 e. The average molecular weight is 849 g/mol. The summed E-state index contributed by atoms with van der Waals surface area (Å²) in [7, 11) is -4.50. The van der Waals surface area contributed by atoms with Crippen LogP contribution >= 0.6 is 26.9 Å². The van der Waals surface area contributed by atoms with Crippen molar-refractivity contribution >= 4 is 50.7 Å². The summed E-state index contributed by atoms with van der Waals surface area (Å²) in [5.41, 5.74) is -5.09. The minimum Gasteiger partial charge on any atom is -0.462 e. The largest absolute Gasteiger partial charge is 0.482 e. The molecule has 7 unspecified atom stereocenters. The summed E-state index contributed by atoms with van der Waals surface area (Å²) in [5.74, 6) is -4.33. The molecule has 0 spiro atoms. The lowest BCUT2D eigenvalue weighted by molar-refractivity contribution is -0.299. The second-order valence-corrected chi connectivity index (χ2v) is 17.5. The normalized spacial score (nSPS) is 33.4. The van der Waals surface area contributed by atoms with E-state index in [2.05, 4.69) is 17.2 Å². The van der Waals surface area contributed by atoms with E-state index >= 15 is 0 Å². The lowest BCUT2D eigenvalue weighted by atomic mass is 9.83. The van der Waals surface area contributed by atoms with Crippen molar-refractivity contribution in [3.8, 4) is 0 Å². The highest BCUT2D eigenvalue weighted by atomic mass is 32.7. The van der Waals surface area contributed by atoms with Crippen molar-refractivity contribution in [3.05, 3.63) is 33.1 Å². The fourth-order valence-electron chi connectivity index (χ4n) is 6.37. The lowest BCUT2D eigenvalue weighted by Crippen LogP contribution is -2.64. The van der Waals surface area contributed by atoms with E-state index in [0.717, 1.165) is 44.5 Å². The second kappa shape index (κ2) is 17.2. The Bertz CT molecular complexity index is 1840. The third-order valence-electron chi connectivity index (χ3n) is 8.70. The van der Waals surface area contributed by atoms with E-state index in [1.165, 1.54) is 14.0 Å². The van der Waals surface area contributed by atoms with Crippen LogP contribution in [0.5, 0.6) is 0 Å². The van der Waals surface area contributed by atoms with Gasteiger partial charge in [-0.1, -0.05) is 12.2 Å². The number of aromatic amines is 1. The third kappa shape index (κ3) is 10.5. The fourth-order valence-corrected chi connectivity index (χ4v) is 9.61. The van der Waals surface area contributed by atoms with Crippen LogP contribution in [0.2, 0.25) is 0 Å². The van der Waals surface area contributed by atoms with Crippen LogP contribution in [0, 0.1) is 5.92 Å². The van der Waals surface area contributed by atoms with Gasteiger partial charge in [-0.25, -0.2) is 13.9 Å². The van der Waals surface area contributed by atoms with Crippen molar-refractivity contribution in [2.24, 2.45) is 5.92 Å². The lowest BCUT2D eigenvalue weighted by Gasteiger charge is -2.44. The van der Waals surface area contributed by atoms with Crippen molar-refractivity contribution in [1.82, 2.24) is 9.55 Å². The number of aliphatic hydroxyl groups is 2. The molecule has 1 aromatic rings. The number of phosphoric ester groups is 1. The Kier molecular flexibility index (Phi) is 14.0. The Morgan fingerprint density at radius 1 is 1.04 bits per heavy atom. The number of phosphoric acid groups is 1. The monoisotopic (exact) mass is 848 g/mol. The number of nitrogens with one attached hydrogen (secondary N) is 1. The van der Waals surface area contributed by atoms with Gasteiger partial charge in [0.15, 0.2) is 24.5 Å². The number of methoxy groups -OCH3 is 1. The molecule has 1 saturated carbocycles. The second-order valence-electron chi connectivity index (χ2n) is 13.0. The van der Waals surface area contributed by atoms with Crippen LogP contribution in [0.3, 0.4) is 0 Å². The van der Waals surface area contributed by atoms with Gasteiger partial charge in [-0.05, 0) is 25.7 Å². The summed E-state index contributed by atoms with van der Waals surface area (Å²) in [6, 6.07) is 1.04. The number of esters is 4. The van der Waals surface area contributed by atoms with Crippen LogP contribution in [0.15, 0.2) is 21.9 Å². The highest BCUT2D eigenvalue weighted by Crippen LogP contribution is 2.67. The molecular weight excluding hydrogens is 806 g/mol. The Morgan fingerprint density at radius 3 is 2.18 bits per heavy atom. The molecule has 2 saturated heterocycles. The highest BCUT2D eigenvalue weighted by molar-refractivity contribution is 8.45. The summed E-state index contributed by atoms with van der Waals surface area (Å²) in [5, 5.41) is 22.8. The number of carbonyl (C=O) groups excluding carboxylic acids is 4. The molecule has 4 rings (SSSR count). The predicted octanol–water partition coefficient (Wildman–Crippen LogP) is -0.388. The van der Waals surface area contributed by atoms with Crippen LogP contribution in [-0.2, 0) is 74.8 Å². The fraction of sp³-hybridized carbons (Fsp3) is 0.724. The van der Waals surface area contributed by atoms with Crippen LogP contribution in [0.4, 0.5) is 0 Å². The van der Waals surface area contributed by atoms with Crippen LogP contribution in [0.25, 0.3) is 0 Å². The minimum atomic E-state index is -5.77. The summed E-state index contributed by atoms with van der Waals surface area (Å²) in [6.45, 7) is -1.65. The van der Waals surface area contributed by atoms with E-state index in [1.54, 1.807) is 0 Å². The number of thiol groups is 1. The van der Waals surface area contributed by atoms with Crippen molar-refractivity contribution in [3.63, 3.8) is 0 Å². The molecule has 12 atom stereocenters. The molecule has 0 bridgehead atoms. The number of ether oxygens (including phenoxy) is 7. The van der Waals surface area contributed by atoms with Gasteiger partial charge in [0.1, 0.15) is 36.1 Å². The van der Waals surface area contributed by atoms with E-state index in [1.807, 2.05) is 0 Å². The van der Waals surface area contributed by atoms with Crippen LogP contribution in [-0.4, -0.2) is 123 Å². The van der Waals surface area contributed by atoms with Gasteiger partial charge in [-0.15, -0.1) is 0 Å². The first-order chi connectivity index (χ1) is 25.4. The molecule has 310 valence electrons. The van der Waals surface area contributed by atoms with Crippen molar-refractivity contribution in [2.75, 3.05) is 20.3 Å². The van der Waals surface area contributed by atoms with Gasteiger partial charge in [0.05, 0.1) is 6.61 Å². The van der Waals surface area contributed by atoms with E-state index in [9.17, 15) is 53.0 Å². The molecule has 2 aliphatic heterocycles. The maximum Gasteiger partial charge on any atom is 0.482 e. The van der Waals surface area contributed by atoms with Crippen LogP contribution in [0.1, 0.15) is 53.7 Å². The first-order valence-corrected chi connectivity index (χ1v) is 20.5. The molecule has 3 aliphatic rings. The average Bonchev–Trinajstić information content (AvgIpc) is 3.87. The zero-order valence-electron chi connectivity index (χ0n) is 30.2. The molecule has 0 radical (unpaired) electrons.